The van der Waals surface area contributed by atoms with Gasteiger partial charge in [-0.2, -0.15) is 0 Å². The Hall–Kier alpha value is -2.64. The number of halogens is 3. The molecule has 1 aliphatic carbocycles. The first-order valence-corrected chi connectivity index (χ1v) is 9.88. The summed E-state index contributed by atoms with van der Waals surface area (Å²) in [6.07, 6.45) is 2.50. The SMILES string of the molecule is Fc1ccc([C@@H]2C[C@H]2Nc2nc(-c3ccccn3)nc3sc(Cl)cc23)cc1F. The van der Waals surface area contributed by atoms with Gasteiger partial charge in [0.05, 0.1) is 9.72 Å². The molecule has 0 saturated heterocycles. The fourth-order valence-electron chi connectivity index (χ4n) is 3.25. The summed E-state index contributed by atoms with van der Waals surface area (Å²) in [4.78, 5) is 14.3. The maximum atomic E-state index is 13.5. The molecular formula is C20H13ClF2N4S. The predicted octanol–water partition coefficient (Wildman–Crippen LogP) is 5.65. The Labute approximate surface area is 168 Å². The highest BCUT2D eigenvalue weighted by Gasteiger charge is 2.39. The summed E-state index contributed by atoms with van der Waals surface area (Å²) in [5.74, 6) is -0.371. The van der Waals surface area contributed by atoms with Crippen molar-refractivity contribution in [3.05, 3.63) is 70.2 Å². The van der Waals surface area contributed by atoms with Crippen molar-refractivity contribution in [2.75, 3.05) is 5.32 Å². The maximum absolute atomic E-state index is 13.5. The minimum atomic E-state index is -0.834. The van der Waals surface area contributed by atoms with E-state index < -0.39 is 11.6 Å². The van der Waals surface area contributed by atoms with Crippen LogP contribution in [-0.4, -0.2) is 21.0 Å². The third-order valence-corrected chi connectivity index (χ3v) is 5.90. The van der Waals surface area contributed by atoms with Gasteiger partial charge in [0.2, 0.25) is 0 Å². The Morgan fingerprint density at radius 3 is 2.75 bits per heavy atom. The largest absolute Gasteiger partial charge is 0.366 e. The lowest BCUT2D eigenvalue weighted by Crippen LogP contribution is -2.07. The number of rotatable bonds is 4. The van der Waals surface area contributed by atoms with E-state index in [4.69, 9.17) is 11.6 Å². The van der Waals surface area contributed by atoms with Crippen LogP contribution in [0, 0.1) is 11.6 Å². The zero-order valence-corrected chi connectivity index (χ0v) is 15.9. The van der Waals surface area contributed by atoms with Crippen LogP contribution in [0.3, 0.4) is 0 Å². The molecule has 0 amide bonds. The average molecular weight is 415 g/mol. The second-order valence-corrected chi connectivity index (χ2v) is 8.31. The van der Waals surface area contributed by atoms with Crippen molar-refractivity contribution in [1.82, 2.24) is 15.0 Å². The van der Waals surface area contributed by atoms with E-state index in [9.17, 15) is 8.78 Å². The number of thiophene rings is 1. The van der Waals surface area contributed by atoms with Crippen molar-refractivity contribution in [2.24, 2.45) is 0 Å². The quantitative estimate of drug-likeness (QED) is 0.468. The van der Waals surface area contributed by atoms with Gasteiger partial charge in [0.1, 0.15) is 16.3 Å². The van der Waals surface area contributed by atoms with Crippen LogP contribution in [0.4, 0.5) is 14.6 Å². The predicted molar refractivity (Wildman–Crippen MR) is 107 cm³/mol. The molecule has 0 radical (unpaired) electrons. The third-order valence-electron chi connectivity index (χ3n) is 4.74. The van der Waals surface area contributed by atoms with Crippen LogP contribution in [0.5, 0.6) is 0 Å². The van der Waals surface area contributed by atoms with Gasteiger partial charge in [0, 0.05) is 18.2 Å². The fourth-order valence-corrected chi connectivity index (χ4v) is 4.34. The number of anilines is 1. The standard InChI is InChI=1S/C20H13ClF2N4S/c21-17-9-12-18(25-16-8-11(16)10-4-5-13(22)14(23)7-10)26-19(27-20(12)28-17)15-3-1-2-6-24-15/h1-7,9,11,16H,8H2,(H,25,26,27)/t11-,16+/m0/s1. The monoisotopic (exact) mass is 414 g/mol. The van der Waals surface area contributed by atoms with Gasteiger partial charge in [-0.05, 0) is 42.3 Å². The lowest BCUT2D eigenvalue weighted by atomic mass is 10.1. The molecule has 1 saturated carbocycles. The van der Waals surface area contributed by atoms with E-state index in [0.717, 1.165) is 22.2 Å². The minimum absolute atomic E-state index is 0.0817. The molecule has 140 valence electrons. The van der Waals surface area contributed by atoms with E-state index in [0.29, 0.717) is 21.7 Å². The molecule has 5 rings (SSSR count). The van der Waals surface area contributed by atoms with Crippen LogP contribution in [0.1, 0.15) is 17.9 Å². The van der Waals surface area contributed by atoms with Crippen LogP contribution < -0.4 is 5.32 Å². The molecule has 1 aromatic carbocycles. The molecule has 1 aliphatic rings. The van der Waals surface area contributed by atoms with Crippen LogP contribution in [0.2, 0.25) is 4.34 Å². The van der Waals surface area contributed by atoms with Gasteiger partial charge >= 0.3 is 0 Å². The first kappa shape index (κ1) is 17.5. The zero-order valence-electron chi connectivity index (χ0n) is 14.4. The number of fused-ring (bicyclic) bond motifs is 1. The van der Waals surface area contributed by atoms with E-state index in [1.165, 1.54) is 23.5 Å². The van der Waals surface area contributed by atoms with Gasteiger partial charge in [0.15, 0.2) is 17.5 Å². The Morgan fingerprint density at radius 1 is 1.07 bits per heavy atom. The summed E-state index contributed by atoms with van der Waals surface area (Å²) < 4.78 is 27.3. The summed E-state index contributed by atoms with van der Waals surface area (Å²) >= 11 is 7.57. The second-order valence-electron chi connectivity index (χ2n) is 6.65. The van der Waals surface area contributed by atoms with E-state index in [1.807, 2.05) is 24.3 Å². The summed E-state index contributed by atoms with van der Waals surface area (Å²) in [5, 5.41) is 4.26. The molecule has 2 atom stereocenters. The Morgan fingerprint density at radius 2 is 1.96 bits per heavy atom. The molecule has 1 fully saturated rings. The molecule has 0 spiro atoms. The molecule has 4 aromatic rings. The van der Waals surface area contributed by atoms with Gasteiger partial charge in [-0.3, -0.25) is 4.98 Å². The van der Waals surface area contributed by atoms with Gasteiger partial charge in [0.25, 0.3) is 0 Å². The molecule has 3 aromatic heterocycles. The van der Waals surface area contributed by atoms with Crippen LogP contribution in [0.25, 0.3) is 21.7 Å². The highest BCUT2D eigenvalue weighted by atomic mass is 35.5. The van der Waals surface area contributed by atoms with E-state index >= 15 is 0 Å². The lowest BCUT2D eigenvalue weighted by molar-refractivity contribution is 0.507. The average Bonchev–Trinajstić information content (AvgIpc) is 3.35. The molecule has 0 unspecified atom stereocenters. The first-order chi connectivity index (χ1) is 13.6. The number of hydrogen-bond donors (Lipinski definition) is 1. The van der Waals surface area contributed by atoms with Crippen molar-refractivity contribution in [3.8, 4) is 11.5 Å². The normalized spacial score (nSPS) is 18.4. The number of aromatic nitrogens is 3. The van der Waals surface area contributed by atoms with Gasteiger partial charge in [-0.25, -0.2) is 18.7 Å². The number of nitrogens with zero attached hydrogens (tertiary/aromatic N) is 3. The van der Waals surface area contributed by atoms with Crippen LogP contribution in [0.15, 0.2) is 48.7 Å². The number of nitrogens with one attached hydrogen (secondary N) is 1. The van der Waals surface area contributed by atoms with Gasteiger partial charge in [-0.1, -0.05) is 23.7 Å². The topological polar surface area (TPSA) is 50.7 Å². The molecule has 1 N–H and O–H groups in total. The zero-order chi connectivity index (χ0) is 19.3. The Balaban J connectivity index is 1.48. The first-order valence-electron chi connectivity index (χ1n) is 8.68. The third kappa shape index (κ3) is 3.21. The molecular weight excluding hydrogens is 402 g/mol. The molecule has 0 aliphatic heterocycles. The lowest BCUT2D eigenvalue weighted by Gasteiger charge is -2.09. The highest BCUT2D eigenvalue weighted by molar-refractivity contribution is 7.22. The van der Waals surface area contributed by atoms with Crippen molar-refractivity contribution in [3.63, 3.8) is 0 Å². The molecule has 8 heteroatoms. The summed E-state index contributed by atoms with van der Waals surface area (Å²) in [6, 6.07) is 11.5. The van der Waals surface area contributed by atoms with E-state index in [1.54, 1.807) is 12.3 Å². The summed E-state index contributed by atoms with van der Waals surface area (Å²) in [6.45, 7) is 0. The van der Waals surface area contributed by atoms with Gasteiger partial charge in [-0.15, -0.1) is 11.3 Å². The smallest absolute Gasteiger partial charge is 0.181 e. The number of hydrogen-bond acceptors (Lipinski definition) is 5. The van der Waals surface area contributed by atoms with Crippen molar-refractivity contribution in [1.29, 1.82) is 0 Å². The summed E-state index contributed by atoms with van der Waals surface area (Å²) in [7, 11) is 0. The van der Waals surface area contributed by atoms with Crippen LogP contribution >= 0.6 is 22.9 Å². The number of benzene rings is 1. The van der Waals surface area contributed by atoms with Crippen molar-refractivity contribution in [2.45, 2.75) is 18.4 Å². The van der Waals surface area contributed by atoms with Crippen LogP contribution in [-0.2, 0) is 0 Å². The molecule has 0 bridgehead atoms. The van der Waals surface area contributed by atoms with Crippen molar-refractivity contribution >= 4 is 39.0 Å². The number of pyridine rings is 1. The second kappa shape index (κ2) is 6.76. The summed E-state index contributed by atoms with van der Waals surface area (Å²) in [5.41, 5.74) is 1.44. The fraction of sp³-hybridized carbons (Fsp3) is 0.150. The van der Waals surface area contributed by atoms with E-state index in [2.05, 4.69) is 20.3 Å². The van der Waals surface area contributed by atoms with Gasteiger partial charge < -0.3 is 5.32 Å². The van der Waals surface area contributed by atoms with E-state index in [-0.39, 0.29) is 12.0 Å². The Bertz CT molecular complexity index is 1180. The molecule has 3 heterocycles. The maximum Gasteiger partial charge on any atom is 0.181 e. The highest BCUT2D eigenvalue weighted by Crippen LogP contribution is 2.44. The molecule has 4 nitrogen and oxygen atoms in total. The van der Waals surface area contributed by atoms with Crippen molar-refractivity contribution < 1.29 is 8.78 Å². The Kier molecular flexibility index (Phi) is 4.21. The minimum Gasteiger partial charge on any atom is -0.366 e. The molecule has 28 heavy (non-hydrogen) atoms.